The molecule has 0 saturated heterocycles. The molecule has 0 radical (unpaired) electrons. The maximum absolute atomic E-state index is 5.76. The predicted octanol–water partition coefficient (Wildman–Crippen LogP) is 3.81. The maximum atomic E-state index is 5.76. The van der Waals surface area contributed by atoms with Crippen LogP contribution >= 0.6 is 23.5 Å². The van der Waals surface area contributed by atoms with Gasteiger partial charge < -0.3 is 5.73 Å². The molecule has 0 heterocycles. The fraction of sp³-hybridized carbons (Fsp3) is 0.500. The molecule has 2 N–H and O–H groups in total. The standard InChI is InChI=1S/C12H19NS2/c1-3-14-7-4-8-15-12-9-11(13)6-5-10(12)2/h5-6,9H,3-4,7-8,13H2,1-2H3. The molecule has 0 atom stereocenters. The van der Waals surface area contributed by atoms with Crippen LogP contribution in [0.25, 0.3) is 0 Å². The van der Waals surface area contributed by atoms with Gasteiger partial charge >= 0.3 is 0 Å². The molecule has 0 aromatic heterocycles. The summed E-state index contributed by atoms with van der Waals surface area (Å²) in [5.74, 6) is 3.68. The summed E-state index contributed by atoms with van der Waals surface area (Å²) in [5.41, 5.74) is 7.96. The summed E-state index contributed by atoms with van der Waals surface area (Å²) in [6.45, 7) is 4.35. The lowest BCUT2D eigenvalue weighted by Gasteiger charge is -2.06. The maximum Gasteiger partial charge on any atom is 0.0325 e. The van der Waals surface area contributed by atoms with Crippen molar-refractivity contribution in [1.29, 1.82) is 0 Å². The van der Waals surface area contributed by atoms with E-state index in [4.69, 9.17) is 5.73 Å². The van der Waals surface area contributed by atoms with Gasteiger partial charge in [-0.15, -0.1) is 11.8 Å². The second kappa shape index (κ2) is 7.07. The van der Waals surface area contributed by atoms with Crippen LogP contribution in [0.4, 0.5) is 5.69 Å². The Morgan fingerprint density at radius 1 is 1.27 bits per heavy atom. The van der Waals surface area contributed by atoms with E-state index in [1.54, 1.807) is 0 Å². The molecule has 0 fully saturated rings. The molecule has 0 amide bonds. The normalized spacial score (nSPS) is 10.5. The molecule has 0 spiro atoms. The molecule has 0 aliphatic heterocycles. The van der Waals surface area contributed by atoms with E-state index in [0.717, 1.165) is 5.69 Å². The van der Waals surface area contributed by atoms with Gasteiger partial charge in [-0.25, -0.2) is 0 Å². The highest BCUT2D eigenvalue weighted by Gasteiger charge is 1.99. The number of anilines is 1. The van der Waals surface area contributed by atoms with Crippen molar-refractivity contribution in [2.75, 3.05) is 23.0 Å². The lowest BCUT2D eigenvalue weighted by atomic mass is 10.2. The van der Waals surface area contributed by atoms with Crippen molar-refractivity contribution in [3.63, 3.8) is 0 Å². The Labute approximate surface area is 101 Å². The molecule has 0 aliphatic carbocycles. The van der Waals surface area contributed by atoms with Crippen molar-refractivity contribution < 1.29 is 0 Å². The van der Waals surface area contributed by atoms with Crippen LogP contribution in [0.3, 0.4) is 0 Å². The molecule has 0 unspecified atom stereocenters. The smallest absolute Gasteiger partial charge is 0.0325 e. The second-order valence-electron chi connectivity index (χ2n) is 3.42. The summed E-state index contributed by atoms with van der Waals surface area (Å²) in [5, 5.41) is 0. The van der Waals surface area contributed by atoms with Gasteiger partial charge in [0.15, 0.2) is 0 Å². The minimum absolute atomic E-state index is 0.867. The second-order valence-corrected chi connectivity index (χ2v) is 5.95. The third-order valence-electron chi connectivity index (χ3n) is 2.11. The molecule has 1 nitrogen and oxygen atoms in total. The molecular weight excluding hydrogens is 222 g/mol. The lowest BCUT2D eigenvalue weighted by Crippen LogP contribution is -1.89. The van der Waals surface area contributed by atoms with Crippen molar-refractivity contribution >= 4 is 29.2 Å². The highest BCUT2D eigenvalue weighted by atomic mass is 32.2. The van der Waals surface area contributed by atoms with E-state index in [9.17, 15) is 0 Å². The number of rotatable bonds is 6. The van der Waals surface area contributed by atoms with Gasteiger partial charge in [0.2, 0.25) is 0 Å². The van der Waals surface area contributed by atoms with Gasteiger partial charge in [0, 0.05) is 10.6 Å². The highest BCUT2D eigenvalue weighted by molar-refractivity contribution is 8.00. The van der Waals surface area contributed by atoms with E-state index in [0.29, 0.717) is 0 Å². The van der Waals surface area contributed by atoms with Crippen molar-refractivity contribution in [3.05, 3.63) is 23.8 Å². The minimum atomic E-state index is 0.867. The predicted molar refractivity (Wildman–Crippen MR) is 73.9 cm³/mol. The van der Waals surface area contributed by atoms with E-state index in [-0.39, 0.29) is 0 Å². The number of nitrogen functional groups attached to an aromatic ring is 1. The molecule has 0 bridgehead atoms. The van der Waals surface area contributed by atoms with Crippen LogP contribution in [0.15, 0.2) is 23.1 Å². The highest BCUT2D eigenvalue weighted by Crippen LogP contribution is 2.25. The number of nitrogens with two attached hydrogens (primary N) is 1. The Hall–Kier alpha value is -0.280. The first kappa shape index (κ1) is 12.8. The molecule has 1 rings (SSSR count). The third-order valence-corrected chi connectivity index (χ3v) is 4.34. The molecule has 84 valence electrons. The average molecular weight is 241 g/mol. The first-order valence-electron chi connectivity index (χ1n) is 5.30. The van der Waals surface area contributed by atoms with Crippen LogP contribution in [0.2, 0.25) is 0 Å². The van der Waals surface area contributed by atoms with E-state index in [2.05, 4.69) is 26.0 Å². The van der Waals surface area contributed by atoms with Gasteiger partial charge in [0.05, 0.1) is 0 Å². The monoisotopic (exact) mass is 241 g/mol. The van der Waals surface area contributed by atoms with Crippen LogP contribution in [-0.2, 0) is 0 Å². The molecular formula is C12H19NS2. The van der Waals surface area contributed by atoms with Crippen LogP contribution < -0.4 is 5.73 Å². The summed E-state index contributed by atoms with van der Waals surface area (Å²) >= 11 is 3.93. The molecule has 0 aliphatic rings. The van der Waals surface area contributed by atoms with Crippen LogP contribution in [0.5, 0.6) is 0 Å². The van der Waals surface area contributed by atoms with Gasteiger partial charge in [-0.05, 0) is 48.3 Å². The molecule has 3 heteroatoms. The molecule has 15 heavy (non-hydrogen) atoms. The number of thioether (sulfide) groups is 2. The summed E-state index contributed by atoms with van der Waals surface area (Å²) in [4.78, 5) is 1.33. The van der Waals surface area contributed by atoms with E-state index < -0.39 is 0 Å². The van der Waals surface area contributed by atoms with Crippen molar-refractivity contribution in [2.24, 2.45) is 0 Å². The number of hydrogen-bond acceptors (Lipinski definition) is 3. The van der Waals surface area contributed by atoms with Gasteiger partial charge in [-0.1, -0.05) is 13.0 Å². The number of aryl methyl sites for hydroxylation is 1. The van der Waals surface area contributed by atoms with E-state index >= 15 is 0 Å². The Morgan fingerprint density at radius 2 is 2.07 bits per heavy atom. The fourth-order valence-corrected chi connectivity index (χ4v) is 3.10. The Balaban J connectivity index is 2.33. The SMILES string of the molecule is CCSCCCSc1cc(N)ccc1C. The van der Waals surface area contributed by atoms with Crippen LogP contribution in [-0.4, -0.2) is 17.3 Å². The van der Waals surface area contributed by atoms with Crippen LogP contribution in [0, 0.1) is 6.92 Å². The van der Waals surface area contributed by atoms with E-state index in [1.165, 1.54) is 34.1 Å². The molecule has 1 aromatic rings. The van der Waals surface area contributed by atoms with Crippen molar-refractivity contribution in [2.45, 2.75) is 25.2 Å². The van der Waals surface area contributed by atoms with Crippen LogP contribution in [0.1, 0.15) is 18.9 Å². The minimum Gasteiger partial charge on any atom is -0.399 e. The van der Waals surface area contributed by atoms with Gasteiger partial charge in [-0.3, -0.25) is 0 Å². The van der Waals surface area contributed by atoms with Crippen molar-refractivity contribution in [3.8, 4) is 0 Å². The zero-order chi connectivity index (χ0) is 11.1. The fourth-order valence-electron chi connectivity index (χ4n) is 1.26. The quantitative estimate of drug-likeness (QED) is 0.466. The van der Waals surface area contributed by atoms with Crippen molar-refractivity contribution in [1.82, 2.24) is 0 Å². The lowest BCUT2D eigenvalue weighted by molar-refractivity contribution is 1.12. The summed E-state index contributed by atoms with van der Waals surface area (Å²) < 4.78 is 0. The summed E-state index contributed by atoms with van der Waals surface area (Å²) in [6, 6.07) is 6.14. The zero-order valence-corrected chi connectivity index (χ0v) is 11.1. The average Bonchev–Trinajstić information content (AvgIpc) is 2.23. The number of hydrogen-bond donors (Lipinski definition) is 1. The molecule has 1 aromatic carbocycles. The third kappa shape index (κ3) is 4.85. The largest absolute Gasteiger partial charge is 0.399 e. The molecule has 0 saturated carbocycles. The van der Waals surface area contributed by atoms with Gasteiger partial charge in [0.25, 0.3) is 0 Å². The Kier molecular flexibility index (Phi) is 6.03. The number of benzene rings is 1. The van der Waals surface area contributed by atoms with E-state index in [1.807, 2.05) is 29.6 Å². The zero-order valence-electron chi connectivity index (χ0n) is 9.45. The first-order chi connectivity index (χ1) is 7.24. The van der Waals surface area contributed by atoms with Gasteiger partial charge in [0.1, 0.15) is 0 Å². The summed E-state index contributed by atoms with van der Waals surface area (Å²) in [6.07, 6.45) is 1.28. The Morgan fingerprint density at radius 3 is 2.80 bits per heavy atom. The summed E-state index contributed by atoms with van der Waals surface area (Å²) in [7, 11) is 0. The first-order valence-corrected chi connectivity index (χ1v) is 7.44. The topological polar surface area (TPSA) is 26.0 Å². The van der Waals surface area contributed by atoms with Gasteiger partial charge in [-0.2, -0.15) is 11.8 Å². The Bertz CT molecular complexity index is 300.